The SMILES string of the molecule is NC(=O)n1c(-c2ncccc2Cl)nc2cnccc21. The Bertz CT molecular complexity index is 783. The van der Waals surface area contributed by atoms with Gasteiger partial charge < -0.3 is 5.73 Å². The van der Waals surface area contributed by atoms with Gasteiger partial charge in [-0.25, -0.2) is 14.3 Å². The third-order valence-corrected chi connectivity index (χ3v) is 2.95. The first-order valence-electron chi connectivity index (χ1n) is 5.41. The lowest BCUT2D eigenvalue weighted by Gasteiger charge is -2.04. The molecule has 0 saturated heterocycles. The van der Waals surface area contributed by atoms with Crippen LogP contribution in [-0.2, 0) is 0 Å². The van der Waals surface area contributed by atoms with E-state index in [4.69, 9.17) is 17.3 Å². The molecule has 7 heteroatoms. The molecule has 0 saturated carbocycles. The number of carbonyl (C=O) groups excluding carboxylic acids is 1. The van der Waals surface area contributed by atoms with Gasteiger partial charge in [-0.3, -0.25) is 9.97 Å². The fourth-order valence-electron chi connectivity index (χ4n) is 1.86. The number of nitrogens with two attached hydrogens (primary N) is 1. The summed E-state index contributed by atoms with van der Waals surface area (Å²) in [4.78, 5) is 24.1. The van der Waals surface area contributed by atoms with Crippen LogP contribution >= 0.6 is 11.6 Å². The highest BCUT2D eigenvalue weighted by atomic mass is 35.5. The average molecular weight is 274 g/mol. The van der Waals surface area contributed by atoms with Crippen molar-refractivity contribution in [3.05, 3.63) is 41.8 Å². The van der Waals surface area contributed by atoms with Gasteiger partial charge in [-0.2, -0.15) is 0 Å². The molecule has 0 fully saturated rings. The molecule has 2 N–H and O–H groups in total. The van der Waals surface area contributed by atoms with Crippen LogP contribution in [0, 0.1) is 0 Å². The monoisotopic (exact) mass is 273 g/mol. The van der Waals surface area contributed by atoms with Gasteiger partial charge in [0.05, 0.1) is 16.7 Å². The highest BCUT2D eigenvalue weighted by Crippen LogP contribution is 2.27. The van der Waals surface area contributed by atoms with Crippen molar-refractivity contribution in [2.24, 2.45) is 5.73 Å². The number of rotatable bonds is 1. The van der Waals surface area contributed by atoms with Crippen molar-refractivity contribution in [3.8, 4) is 11.5 Å². The predicted octanol–water partition coefficient (Wildman–Crippen LogP) is 2.07. The molecule has 0 atom stereocenters. The predicted molar refractivity (Wildman–Crippen MR) is 70.8 cm³/mol. The zero-order chi connectivity index (χ0) is 13.4. The van der Waals surface area contributed by atoms with Crippen LogP contribution in [0.25, 0.3) is 22.6 Å². The van der Waals surface area contributed by atoms with Crippen LogP contribution in [0.1, 0.15) is 0 Å². The number of imidazole rings is 1. The lowest BCUT2D eigenvalue weighted by Crippen LogP contribution is -2.20. The average Bonchev–Trinajstić information content (AvgIpc) is 2.78. The fraction of sp³-hybridized carbons (Fsp3) is 0. The van der Waals surface area contributed by atoms with Crippen LogP contribution in [-0.4, -0.2) is 25.6 Å². The third-order valence-electron chi connectivity index (χ3n) is 2.65. The van der Waals surface area contributed by atoms with E-state index in [1.165, 1.54) is 4.57 Å². The third kappa shape index (κ3) is 1.82. The van der Waals surface area contributed by atoms with E-state index in [0.717, 1.165) is 0 Å². The standard InChI is InChI=1S/C12H8ClN5O/c13-7-2-1-4-16-10(7)11-17-8-6-15-5-3-9(8)18(11)12(14)19/h1-6H,(H2,14,19). The van der Waals surface area contributed by atoms with E-state index < -0.39 is 6.03 Å². The minimum absolute atomic E-state index is 0.307. The second-order valence-electron chi connectivity index (χ2n) is 3.81. The van der Waals surface area contributed by atoms with Crippen molar-refractivity contribution in [3.63, 3.8) is 0 Å². The molecule has 3 rings (SSSR count). The Morgan fingerprint density at radius 3 is 2.89 bits per heavy atom. The summed E-state index contributed by atoms with van der Waals surface area (Å²) < 4.78 is 1.27. The number of nitrogens with zero attached hydrogens (tertiary/aromatic N) is 4. The molecule has 0 bridgehead atoms. The van der Waals surface area contributed by atoms with Crippen molar-refractivity contribution in [1.29, 1.82) is 0 Å². The fourth-order valence-corrected chi connectivity index (χ4v) is 2.07. The van der Waals surface area contributed by atoms with Gasteiger partial charge in [0.1, 0.15) is 11.2 Å². The number of carbonyl (C=O) groups is 1. The number of halogens is 1. The molecule has 0 aliphatic rings. The summed E-state index contributed by atoms with van der Waals surface area (Å²) in [6, 6.07) is 4.38. The highest BCUT2D eigenvalue weighted by Gasteiger charge is 2.18. The molecule has 0 spiro atoms. The number of aromatic nitrogens is 4. The van der Waals surface area contributed by atoms with E-state index in [1.807, 2.05) is 0 Å². The molecular formula is C12H8ClN5O. The molecule has 0 aliphatic heterocycles. The number of hydrogen-bond acceptors (Lipinski definition) is 4. The van der Waals surface area contributed by atoms with Gasteiger partial charge in [0, 0.05) is 12.4 Å². The maximum Gasteiger partial charge on any atom is 0.325 e. The van der Waals surface area contributed by atoms with Crippen molar-refractivity contribution >= 4 is 28.7 Å². The summed E-state index contributed by atoms with van der Waals surface area (Å²) in [5.74, 6) is 0.307. The number of amides is 1. The summed E-state index contributed by atoms with van der Waals surface area (Å²) in [5.41, 5.74) is 6.93. The molecule has 0 aromatic carbocycles. The zero-order valence-electron chi connectivity index (χ0n) is 9.62. The van der Waals surface area contributed by atoms with Crippen LogP contribution in [0.2, 0.25) is 5.02 Å². The van der Waals surface area contributed by atoms with Gasteiger partial charge in [-0.15, -0.1) is 0 Å². The molecule has 3 aromatic heterocycles. The maximum atomic E-state index is 11.6. The Kier molecular flexibility index (Phi) is 2.64. The van der Waals surface area contributed by atoms with Gasteiger partial charge in [-0.05, 0) is 18.2 Å². The quantitative estimate of drug-likeness (QED) is 0.735. The Morgan fingerprint density at radius 2 is 2.16 bits per heavy atom. The second kappa shape index (κ2) is 4.33. The van der Waals surface area contributed by atoms with Crippen LogP contribution in [0.5, 0.6) is 0 Å². The Balaban J connectivity index is 2.38. The molecule has 3 heterocycles. The summed E-state index contributed by atoms with van der Waals surface area (Å²) in [6.45, 7) is 0. The Hall–Kier alpha value is -2.47. The lowest BCUT2D eigenvalue weighted by molar-refractivity contribution is 0.251. The number of primary amides is 1. The number of pyridine rings is 2. The van der Waals surface area contributed by atoms with Crippen LogP contribution in [0.15, 0.2) is 36.8 Å². The molecule has 19 heavy (non-hydrogen) atoms. The summed E-state index contributed by atoms with van der Waals surface area (Å²) in [5, 5.41) is 0.397. The zero-order valence-corrected chi connectivity index (χ0v) is 10.4. The van der Waals surface area contributed by atoms with Crippen molar-refractivity contribution in [2.75, 3.05) is 0 Å². The Labute approximate surface area is 112 Å². The highest BCUT2D eigenvalue weighted by molar-refractivity contribution is 6.33. The minimum atomic E-state index is -0.648. The number of hydrogen-bond donors (Lipinski definition) is 1. The van der Waals surface area contributed by atoms with Gasteiger partial charge in [-0.1, -0.05) is 11.6 Å². The normalized spacial score (nSPS) is 10.8. The van der Waals surface area contributed by atoms with Gasteiger partial charge in [0.15, 0.2) is 5.82 Å². The van der Waals surface area contributed by atoms with E-state index in [1.54, 1.807) is 36.8 Å². The summed E-state index contributed by atoms with van der Waals surface area (Å²) in [7, 11) is 0. The Morgan fingerprint density at radius 1 is 1.32 bits per heavy atom. The van der Waals surface area contributed by atoms with E-state index in [-0.39, 0.29) is 0 Å². The minimum Gasteiger partial charge on any atom is -0.351 e. The molecule has 0 aliphatic carbocycles. The molecular weight excluding hydrogens is 266 g/mol. The van der Waals surface area contributed by atoms with Crippen LogP contribution < -0.4 is 5.73 Å². The number of fused-ring (bicyclic) bond motifs is 1. The van der Waals surface area contributed by atoms with Gasteiger partial charge in [0.25, 0.3) is 0 Å². The molecule has 3 aromatic rings. The first-order valence-corrected chi connectivity index (χ1v) is 5.79. The van der Waals surface area contributed by atoms with E-state index >= 15 is 0 Å². The summed E-state index contributed by atoms with van der Waals surface area (Å²) >= 11 is 6.08. The molecule has 0 radical (unpaired) electrons. The topological polar surface area (TPSA) is 86.7 Å². The molecule has 94 valence electrons. The second-order valence-corrected chi connectivity index (χ2v) is 4.21. The van der Waals surface area contributed by atoms with E-state index in [2.05, 4.69) is 15.0 Å². The van der Waals surface area contributed by atoms with Crippen LogP contribution in [0.3, 0.4) is 0 Å². The molecule has 6 nitrogen and oxygen atoms in total. The van der Waals surface area contributed by atoms with Crippen molar-refractivity contribution in [1.82, 2.24) is 19.5 Å². The van der Waals surface area contributed by atoms with Crippen LogP contribution in [0.4, 0.5) is 4.79 Å². The van der Waals surface area contributed by atoms with Gasteiger partial charge in [0.2, 0.25) is 0 Å². The summed E-state index contributed by atoms with van der Waals surface area (Å²) in [6.07, 6.45) is 4.69. The smallest absolute Gasteiger partial charge is 0.325 e. The largest absolute Gasteiger partial charge is 0.351 e. The first-order chi connectivity index (χ1) is 9.18. The molecule has 1 amide bonds. The van der Waals surface area contributed by atoms with E-state index in [9.17, 15) is 4.79 Å². The first kappa shape index (κ1) is 11.6. The van der Waals surface area contributed by atoms with Crippen molar-refractivity contribution < 1.29 is 4.79 Å². The van der Waals surface area contributed by atoms with Gasteiger partial charge >= 0.3 is 6.03 Å². The molecule has 0 unspecified atom stereocenters. The van der Waals surface area contributed by atoms with Crippen molar-refractivity contribution in [2.45, 2.75) is 0 Å². The van der Waals surface area contributed by atoms with E-state index in [0.29, 0.717) is 27.6 Å². The lowest BCUT2D eigenvalue weighted by atomic mass is 10.3. The maximum absolute atomic E-state index is 11.6.